The van der Waals surface area contributed by atoms with Crippen molar-refractivity contribution in [3.05, 3.63) is 239 Å². The van der Waals surface area contributed by atoms with Crippen molar-refractivity contribution < 1.29 is 29.0 Å². The van der Waals surface area contributed by atoms with Crippen molar-refractivity contribution in [2.24, 2.45) is 0 Å². The van der Waals surface area contributed by atoms with E-state index in [-0.39, 0.29) is 31.8 Å². The predicted molar refractivity (Wildman–Crippen MR) is 318 cm³/mol. The maximum atomic E-state index is 12.1. The third-order valence-electron chi connectivity index (χ3n) is 19.0. The third-order valence-corrected chi connectivity index (χ3v) is 19.0. The molecule has 0 saturated carbocycles. The highest BCUT2D eigenvalue weighted by Crippen LogP contribution is 2.61. The summed E-state index contributed by atoms with van der Waals surface area (Å²) >= 11 is 0. The third kappa shape index (κ3) is 8.78. The van der Waals surface area contributed by atoms with Gasteiger partial charge in [-0.2, -0.15) is 0 Å². The molecule has 0 N–H and O–H groups in total. The number of fused-ring (bicyclic) bond motifs is 5. The number of hydrogen-bond donors (Lipinski definition) is 0. The first-order chi connectivity index (χ1) is 39.7. The van der Waals surface area contributed by atoms with E-state index >= 15 is 0 Å². The predicted octanol–water partition coefficient (Wildman–Crippen LogP) is 14.8. The molecule has 82 heavy (non-hydrogen) atoms. The molecular formula is C67H68N6O9. The fraction of sp³-hybridized carbons (Fsp3) is 0.343. The van der Waals surface area contributed by atoms with Crippen LogP contribution in [0.4, 0.5) is 34.1 Å². The molecule has 5 unspecified atom stereocenters. The zero-order valence-electron chi connectivity index (χ0n) is 46.9. The Morgan fingerprint density at radius 2 is 1.06 bits per heavy atom. The Kier molecular flexibility index (Phi) is 13.8. The molecule has 2 spiro atoms. The van der Waals surface area contributed by atoms with Crippen molar-refractivity contribution in [3.8, 4) is 17.2 Å². The largest absolute Gasteiger partial charge is 0.468 e. The van der Waals surface area contributed by atoms with E-state index in [4.69, 9.17) is 14.2 Å². The normalized spacial score (nSPS) is 23.7. The minimum Gasteiger partial charge on any atom is -0.468 e. The summed E-state index contributed by atoms with van der Waals surface area (Å²) in [5.74, 6) is 1.96. The lowest BCUT2D eigenvalue weighted by molar-refractivity contribution is -0.385. The number of nitro groups is 3. The average Bonchev–Trinajstić information content (AvgIpc) is 3.01. The highest BCUT2D eigenvalue weighted by Gasteiger charge is 2.64. The molecule has 0 amide bonds. The van der Waals surface area contributed by atoms with Crippen LogP contribution < -0.4 is 28.9 Å². The van der Waals surface area contributed by atoms with Gasteiger partial charge in [-0.15, -0.1) is 0 Å². The number of benzene rings is 7. The van der Waals surface area contributed by atoms with Crippen molar-refractivity contribution in [2.45, 2.75) is 133 Å². The molecular weight excluding hydrogens is 1030 g/mol. The topological polar surface area (TPSA) is 167 Å². The molecule has 5 aliphatic heterocycles. The van der Waals surface area contributed by atoms with Crippen LogP contribution in [-0.2, 0) is 43.1 Å². The van der Waals surface area contributed by atoms with E-state index in [1.807, 2.05) is 6.07 Å². The van der Waals surface area contributed by atoms with Crippen molar-refractivity contribution in [3.63, 3.8) is 0 Å². The van der Waals surface area contributed by atoms with Crippen molar-refractivity contribution in [1.29, 1.82) is 0 Å². The van der Waals surface area contributed by atoms with Gasteiger partial charge < -0.3 is 28.9 Å². The molecule has 0 saturated heterocycles. The summed E-state index contributed by atoms with van der Waals surface area (Å²) in [6.45, 7) is 10.7. The van der Waals surface area contributed by atoms with E-state index in [0.717, 1.165) is 58.6 Å². The molecule has 0 bridgehead atoms. The molecule has 7 aromatic rings. The summed E-state index contributed by atoms with van der Waals surface area (Å²) in [6, 6.07) is 51.0. The van der Waals surface area contributed by atoms with Crippen LogP contribution in [0.5, 0.6) is 17.2 Å². The molecule has 0 aromatic heterocycles. The first kappa shape index (κ1) is 53.9. The van der Waals surface area contributed by atoms with Crippen LogP contribution in [0.25, 0.3) is 0 Å². The fourth-order valence-corrected chi connectivity index (χ4v) is 14.7. The van der Waals surface area contributed by atoms with Crippen LogP contribution in [0, 0.1) is 30.3 Å². The van der Waals surface area contributed by atoms with Crippen molar-refractivity contribution in [2.75, 3.05) is 27.8 Å². The highest BCUT2D eigenvalue weighted by molar-refractivity contribution is 5.70. The second-order valence-electron chi connectivity index (χ2n) is 23.1. The fourth-order valence-electron chi connectivity index (χ4n) is 14.7. The molecule has 5 heterocycles. The molecule has 15 nitrogen and oxygen atoms in total. The maximum absolute atomic E-state index is 12.1. The maximum Gasteiger partial charge on any atom is 0.269 e. The van der Waals surface area contributed by atoms with Gasteiger partial charge in [0, 0.05) is 115 Å². The summed E-state index contributed by atoms with van der Waals surface area (Å²) in [7, 11) is 0. The molecule has 0 fully saturated rings. The SMILES string of the molecule is CCc1ccccc1N(CCCC1(C)c2ccccc2N(C/C=C/CC2(C)c3ccccc3N(Cc3ccccc3)C23CCc2cc([N+](=O)[O-])ccc2O3)C12CCc1cc([N+](=O)[O-])ccc1O2)C1(CC)CCc2cc([N+](=O)[O-])ccc2O1. The van der Waals surface area contributed by atoms with Crippen LogP contribution >= 0.6 is 0 Å². The van der Waals surface area contributed by atoms with Gasteiger partial charge in [0.1, 0.15) is 17.2 Å². The Bertz CT molecular complexity index is 3670. The Labute approximate surface area is 478 Å². The Balaban J connectivity index is 0.898. The van der Waals surface area contributed by atoms with Crippen LogP contribution in [0.3, 0.4) is 0 Å². The van der Waals surface area contributed by atoms with Crippen molar-refractivity contribution >= 4 is 34.1 Å². The number of anilines is 3. The number of hydrogen-bond acceptors (Lipinski definition) is 12. The summed E-state index contributed by atoms with van der Waals surface area (Å²) in [6.07, 6.45) is 11.8. The van der Waals surface area contributed by atoms with E-state index in [1.54, 1.807) is 42.5 Å². The minimum atomic E-state index is -0.913. The Hall–Kier alpha value is -8.72. The molecule has 15 heteroatoms. The second kappa shape index (κ2) is 21.0. The van der Waals surface area contributed by atoms with Gasteiger partial charge >= 0.3 is 0 Å². The van der Waals surface area contributed by atoms with Gasteiger partial charge in [-0.3, -0.25) is 30.3 Å². The van der Waals surface area contributed by atoms with E-state index in [1.165, 1.54) is 28.8 Å². The number of ether oxygens (including phenoxy) is 3. The van der Waals surface area contributed by atoms with E-state index < -0.39 is 28.0 Å². The summed E-state index contributed by atoms with van der Waals surface area (Å²) < 4.78 is 22.1. The van der Waals surface area contributed by atoms with Gasteiger partial charge in [0.05, 0.1) is 25.6 Å². The van der Waals surface area contributed by atoms with Crippen LogP contribution in [0.2, 0.25) is 0 Å². The van der Waals surface area contributed by atoms with Gasteiger partial charge in [0.2, 0.25) is 0 Å². The summed E-state index contributed by atoms with van der Waals surface area (Å²) in [5, 5.41) is 35.9. The van der Waals surface area contributed by atoms with Crippen LogP contribution in [0.15, 0.2) is 170 Å². The first-order valence-corrected chi connectivity index (χ1v) is 28.8. The average molecular weight is 1100 g/mol. The molecule has 0 radical (unpaired) electrons. The molecule has 420 valence electrons. The number of rotatable bonds is 17. The number of para-hydroxylation sites is 3. The lowest BCUT2D eigenvalue weighted by atomic mass is 9.69. The number of aryl methyl sites for hydroxylation is 4. The van der Waals surface area contributed by atoms with Crippen molar-refractivity contribution in [1.82, 2.24) is 0 Å². The molecule has 5 atom stereocenters. The summed E-state index contributed by atoms with van der Waals surface area (Å²) in [4.78, 5) is 42.1. The number of non-ortho nitro benzene ring substituents is 3. The number of nitrogens with zero attached hydrogens (tertiary/aromatic N) is 6. The quantitative estimate of drug-likeness (QED) is 0.0482. The van der Waals surface area contributed by atoms with Gasteiger partial charge in [-0.25, -0.2) is 0 Å². The monoisotopic (exact) mass is 1100 g/mol. The zero-order valence-corrected chi connectivity index (χ0v) is 46.9. The lowest BCUT2D eigenvalue weighted by Gasteiger charge is -2.52. The Morgan fingerprint density at radius 3 is 1.63 bits per heavy atom. The summed E-state index contributed by atoms with van der Waals surface area (Å²) in [5.41, 5.74) is 6.90. The lowest BCUT2D eigenvalue weighted by Crippen LogP contribution is -2.63. The number of allylic oxidation sites excluding steroid dienone is 1. The second-order valence-corrected chi connectivity index (χ2v) is 23.1. The van der Waals surface area contributed by atoms with Gasteiger partial charge in [-0.05, 0) is 117 Å². The first-order valence-electron chi connectivity index (χ1n) is 28.8. The zero-order chi connectivity index (χ0) is 57.0. The van der Waals surface area contributed by atoms with Crippen LogP contribution in [-0.4, -0.2) is 45.0 Å². The van der Waals surface area contributed by atoms with Crippen LogP contribution in [0.1, 0.15) is 112 Å². The van der Waals surface area contributed by atoms with Gasteiger partial charge in [0.15, 0.2) is 17.2 Å². The van der Waals surface area contributed by atoms with Gasteiger partial charge in [-0.1, -0.05) is 111 Å². The highest BCUT2D eigenvalue weighted by atomic mass is 16.6. The smallest absolute Gasteiger partial charge is 0.269 e. The van der Waals surface area contributed by atoms with E-state index in [9.17, 15) is 30.3 Å². The molecule has 0 aliphatic carbocycles. The standard InChI is InChI=1S/C67H68N6O9/c1-5-48-21-10-13-24-57(48)68(65(6-2)38-33-49-43-52(71(74)75)27-30-60(49)80-65)42-18-37-64(4)55-22-11-14-25-58(55)69(66(64)39-34-50-44-53(72(76)77)28-31-61(50)81-66)41-17-16-36-63(3)56-23-12-15-26-59(56)70(46-47-19-8-7-9-20-47)67(63)40-35-51-45-54(73(78)79)29-32-62(51)82-67/h7-17,19-32,43-45H,5-6,18,33-42,46H2,1-4H3/b17-16+. The molecule has 7 aromatic carbocycles. The molecule has 12 rings (SSSR count). The molecule has 5 aliphatic rings. The Morgan fingerprint density at radius 1 is 0.561 bits per heavy atom. The van der Waals surface area contributed by atoms with E-state index in [0.29, 0.717) is 88.2 Å². The minimum absolute atomic E-state index is 0.0347. The number of nitro benzene ring substituents is 3. The van der Waals surface area contributed by atoms with E-state index in [2.05, 4.69) is 152 Å². The van der Waals surface area contributed by atoms with Gasteiger partial charge in [0.25, 0.3) is 17.1 Å².